The number of nitrogens with one attached hydrogen (secondary N) is 1. The van der Waals surface area contributed by atoms with E-state index in [1.165, 1.54) is 25.7 Å². The maximum atomic E-state index is 9.17. The van der Waals surface area contributed by atoms with E-state index in [9.17, 15) is 0 Å². The lowest BCUT2D eigenvalue weighted by molar-refractivity contribution is 0.0930. The van der Waals surface area contributed by atoms with Crippen molar-refractivity contribution in [2.45, 2.75) is 31.8 Å². The Morgan fingerprint density at radius 2 is 1.64 bits per heavy atom. The average Bonchev–Trinajstić information content (AvgIpc) is 3.03. The van der Waals surface area contributed by atoms with Gasteiger partial charge < -0.3 is 15.5 Å². The molecule has 14 heavy (non-hydrogen) atoms. The van der Waals surface area contributed by atoms with Gasteiger partial charge in [-0.25, -0.2) is 0 Å². The van der Waals surface area contributed by atoms with Gasteiger partial charge in [-0.15, -0.1) is 0 Å². The van der Waals surface area contributed by atoms with Crippen LogP contribution in [0.1, 0.15) is 25.7 Å². The second-order valence-corrected chi connectivity index (χ2v) is 4.83. The van der Waals surface area contributed by atoms with Crippen molar-refractivity contribution in [2.75, 3.05) is 19.7 Å². The fourth-order valence-corrected chi connectivity index (χ4v) is 2.25. The van der Waals surface area contributed by atoms with Crippen molar-refractivity contribution in [1.82, 2.24) is 5.32 Å². The Morgan fingerprint density at radius 1 is 1.07 bits per heavy atom. The van der Waals surface area contributed by atoms with Crippen LogP contribution >= 0.6 is 0 Å². The molecule has 0 amide bonds. The smallest absolute Gasteiger partial charge is 0.0894 e. The highest BCUT2D eigenvalue weighted by Gasteiger charge is 2.40. The monoisotopic (exact) mass is 199 g/mol. The summed E-state index contributed by atoms with van der Waals surface area (Å²) in [6, 6.07) is 0. The Morgan fingerprint density at radius 3 is 2.07 bits per heavy atom. The summed E-state index contributed by atoms with van der Waals surface area (Å²) in [6.45, 7) is 1.43. The van der Waals surface area contributed by atoms with Gasteiger partial charge in [0.1, 0.15) is 0 Å². The van der Waals surface area contributed by atoms with Crippen LogP contribution in [0.25, 0.3) is 0 Å². The van der Waals surface area contributed by atoms with Gasteiger partial charge in [-0.3, -0.25) is 0 Å². The van der Waals surface area contributed by atoms with Crippen LogP contribution in [0.5, 0.6) is 0 Å². The molecule has 0 heterocycles. The van der Waals surface area contributed by atoms with Gasteiger partial charge in [0.25, 0.3) is 0 Å². The van der Waals surface area contributed by atoms with Gasteiger partial charge in [-0.05, 0) is 50.0 Å². The van der Waals surface area contributed by atoms with Gasteiger partial charge in [0.05, 0.1) is 12.7 Å². The van der Waals surface area contributed by atoms with Gasteiger partial charge in [0.15, 0.2) is 0 Å². The van der Waals surface area contributed by atoms with E-state index in [1.807, 2.05) is 0 Å². The predicted molar refractivity (Wildman–Crippen MR) is 54.9 cm³/mol. The minimum Gasteiger partial charge on any atom is -0.394 e. The molecule has 0 bridgehead atoms. The van der Waals surface area contributed by atoms with Gasteiger partial charge >= 0.3 is 0 Å². The molecule has 3 heteroatoms. The zero-order chi connectivity index (χ0) is 9.97. The third-order valence-electron chi connectivity index (χ3n) is 3.43. The Kier molecular flexibility index (Phi) is 3.42. The van der Waals surface area contributed by atoms with E-state index < -0.39 is 6.10 Å². The number of hydrogen-bond acceptors (Lipinski definition) is 3. The van der Waals surface area contributed by atoms with E-state index in [2.05, 4.69) is 5.32 Å². The molecule has 0 unspecified atom stereocenters. The van der Waals surface area contributed by atoms with Crippen LogP contribution in [-0.2, 0) is 0 Å². The Balaban J connectivity index is 1.62. The molecule has 2 rings (SSSR count). The molecule has 2 fully saturated rings. The first-order chi connectivity index (χ1) is 6.81. The topological polar surface area (TPSA) is 52.5 Å². The number of hydrogen-bond donors (Lipinski definition) is 3. The summed E-state index contributed by atoms with van der Waals surface area (Å²) < 4.78 is 0. The standard InChI is InChI=1S/C11H21NO2/c13-7-10(14)5-12-6-11(8-1-2-8)9-3-4-9/h8-14H,1-7H2/t10-/m0/s1. The fourth-order valence-electron chi connectivity index (χ4n) is 2.25. The van der Waals surface area contributed by atoms with Crippen LogP contribution in [0.4, 0.5) is 0 Å². The van der Waals surface area contributed by atoms with Crippen molar-refractivity contribution >= 4 is 0 Å². The van der Waals surface area contributed by atoms with E-state index >= 15 is 0 Å². The Hall–Kier alpha value is -0.120. The SMILES string of the molecule is OC[C@@H](O)CNCC(C1CC1)C1CC1. The summed E-state index contributed by atoms with van der Waals surface area (Å²) in [4.78, 5) is 0. The lowest BCUT2D eigenvalue weighted by atomic mass is 9.98. The highest BCUT2D eigenvalue weighted by molar-refractivity contribution is 4.92. The number of rotatable bonds is 7. The Bertz CT molecular complexity index is 166. The van der Waals surface area contributed by atoms with Crippen molar-refractivity contribution in [3.8, 4) is 0 Å². The first-order valence-electron chi connectivity index (χ1n) is 5.81. The van der Waals surface area contributed by atoms with E-state index in [4.69, 9.17) is 10.2 Å². The molecular weight excluding hydrogens is 178 g/mol. The predicted octanol–water partition coefficient (Wildman–Crippen LogP) is 0.365. The Labute approximate surface area is 85.5 Å². The molecule has 0 saturated heterocycles. The molecule has 2 aliphatic carbocycles. The quantitative estimate of drug-likeness (QED) is 0.555. The molecule has 0 aromatic heterocycles. The normalized spacial score (nSPS) is 24.2. The van der Waals surface area contributed by atoms with E-state index in [1.54, 1.807) is 0 Å². The molecular formula is C11H21NO2. The zero-order valence-electron chi connectivity index (χ0n) is 8.65. The van der Waals surface area contributed by atoms with Crippen molar-refractivity contribution in [3.05, 3.63) is 0 Å². The highest BCUT2D eigenvalue weighted by Crippen LogP contribution is 2.48. The van der Waals surface area contributed by atoms with Crippen LogP contribution in [0.2, 0.25) is 0 Å². The van der Waals surface area contributed by atoms with Crippen LogP contribution < -0.4 is 5.32 Å². The second kappa shape index (κ2) is 4.60. The lowest BCUT2D eigenvalue weighted by Gasteiger charge is -2.17. The largest absolute Gasteiger partial charge is 0.394 e. The van der Waals surface area contributed by atoms with Crippen molar-refractivity contribution in [1.29, 1.82) is 0 Å². The fraction of sp³-hybridized carbons (Fsp3) is 1.00. The average molecular weight is 199 g/mol. The van der Waals surface area contributed by atoms with Crippen molar-refractivity contribution in [2.24, 2.45) is 17.8 Å². The van der Waals surface area contributed by atoms with Crippen LogP contribution in [0.15, 0.2) is 0 Å². The molecule has 0 aromatic rings. The second-order valence-electron chi connectivity index (χ2n) is 4.83. The van der Waals surface area contributed by atoms with E-state index in [-0.39, 0.29) is 6.61 Å². The van der Waals surface area contributed by atoms with E-state index in [0.29, 0.717) is 6.54 Å². The maximum absolute atomic E-state index is 9.17. The molecule has 0 radical (unpaired) electrons. The zero-order valence-corrected chi connectivity index (χ0v) is 8.65. The van der Waals surface area contributed by atoms with E-state index in [0.717, 1.165) is 24.3 Å². The summed E-state index contributed by atoms with van der Waals surface area (Å²) >= 11 is 0. The maximum Gasteiger partial charge on any atom is 0.0894 e. The van der Waals surface area contributed by atoms with Gasteiger partial charge in [0, 0.05) is 6.54 Å². The summed E-state index contributed by atoms with van der Waals surface area (Å²) in [5, 5.41) is 21.1. The van der Waals surface area contributed by atoms with Crippen LogP contribution in [0, 0.1) is 17.8 Å². The minimum absolute atomic E-state index is 0.134. The van der Waals surface area contributed by atoms with Gasteiger partial charge in [0.2, 0.25) is 0 Å². The first-order valence-corrected chi connectivity index (χ1v) is 5.81. The molecule has 0 aliphatic heterocycles. The molecule has 3 nitrogen and oxygen atoms in total. The highest BCUT2D eigenvalue weighted by atomic mass is 16.3. The van der Waals surface area contributed by atoms with Crippen LogP contribution in [0.3, 0.4) is 0 Å². The third-order valence-corrected chi connectivity index (χ3v) is 3.43. The summed E-state index contributed by atoms with van der Waals surface area (Å²) in [6.07, 6.45) is 5.04. The van der Waals surface area contributed by atoms with Crippen LogP contribution in [-0.4, -0.2) is 36.0 Å². The minimum atomic E-state index is -0.589. The molecule has 3 N–H and O–H groups in total. The summed E-state index contributed by atoms with van der Waals surface area (Å²) in [7, 11) is 0. The van der Waals surface area contributed by atoms with Crippen molar-refractivity contribution < 1.29 is 10.2 Å². The molecule has 82 valence electrons. The third kappa shape index (κ3) is 2.94. The lowest BCUT2D eigenvalue weighted by Crippen LogP contribution is -2.34. The summed E-state index contributed by atoms with van der Waals surface area (Å²) in [5.41, 5.74) is 0. The molecule has 0 spiro atoms. The number of aliphatic hydroxyl groups is 2. The molecule has 2 aliphatic rings. The van der Waals surface area contributed by atoms with Gasteiger partial charge in [-0.2, -0.15) is 0 Å². The molecule has 0 aromatic carbocycles. The first kappa shape index (κ1) is 10.4. The molecule has 1 atom stereocenters. The molecule has 2 saturated carbocycles. The number of aliphatic hydroxyl groups excluding tert-OH is 2. The van der Waals surface area contributed by atoms with Gasteiger partial charge in [-0.1, -0.05) is 0 Å². The summed E-state index contributed by atoms with van der Waals surface area (Å²) in [5.74, 6) is 2.77. The van der Waals surface area contributed by atoms with Crippen molar-refractivity contribution in [3.63, 3.8) is 0 Å².